The summed E-state index contributed by atoms with van der Waals surface area (Å²) in [5.41, 5.74) is 0.866. The van der Waals surface area contributed by atoms with Crippen LogP contribution in [-0.4, -0.2) is 6.29 Å². The Hall–Kier alpha value is -0.850. The van der Waals surface area contributed by atoms with Gasteiger partial charge in [0.25, 0.3) is 0 Å². The van der Waals surface area contributed by atoms with Crippen molar-refractivity contribution < 1.29 is 4.79 Å². The second-order valence-corrected chi connectivity index (χ2v) is 3.07. The zero-order valence-electron chi connectivity index (χ0n) is 6.92. The third kappa shape index (κ3) is 2.71. The molecule has 0 saturated carbocycles. The predicted octanol–water partition coefficient (Wildman–Crippen LogP) is 2.49. The quantitative estimate of drug-likeness (QED) is 0.336. The van der Waals surface area contributed by atoms with Crippen LogP contribution in [0.4, 0.5) is 0 Å². The summed E-state index contributed by atoms with van der Waals surface area (Å²) in [4.78, 5) is 10.3. The fourth-order valence-corrected chi connectivity index (χ4v) is 1.38. The Balaban J connectivity index is 2.48. The minimum absolute atomic E-state index is 0.602. The SMILES string of the molecule is CC(C=O)=CC1CC=CCC1. The van der Waals surface area contributed by atoms with Crippen LogP contribution in [0.2, 0.25) is 0 Å². The summed E-state index contributed by atoms with van der Waals surface area (Å²) in [6.45, 7) is 1.87. The predicted molar refractivity (Wildman–Crippen MR) is 46.3 cm³/mol. The molecule has 1 rings (SSSR count). The van der Waals surface area contributed by atoms with Crippen molar-refractivity contribution in [2.75, 3.05) is 0 Å². The molecule has 1 nitrogen and oxygen atoms in total. The Morgan fingerprint density at radius 2 is 2.36 bits per heavy atom. The van der Waals surface area contributed by atoms with E-state index in [0.29, 0.717) is 5.92 Å². The van der Waals surface area contributed by atoms with Crippen LogP contribution in [0.5, 0.6) is 0 Å². The van der Waals surface area contributed by atoms with Crippen molar-refractivity contribution >= 4 is 6.29 Å². The van der Waals surface area contributed by atoms with Crippen molar-refractivity contribution in [3.63, 3.8) is 0 Å². The molecule has 0 saturated heterocycles. The van der Waals surface area contributed by atoms with Gasteiger partial charge in [-0.25, -0.2) is 0 Å². The monoisotopic (exact) mass is 150 g/mol. The van der Waals surface area contributed by atoms with E-state index in [1.165, 1.54) is 6.42 Å². The van der Waals surface area contributed by atoms with E-state index in [2.05, 4.69) is 18.2 Å². The van der Waals surface area contributed by atoms with Crippen LogP contribution < -0.4 is 0 Å². The van der Waals surface area contributed by atoms with Crippen molar-refractivity contribution in [2.45, 2.75) is 26.2 Å². The fourth-order valence-electron chi connectivity index (χ4n) is 1.38. The zero-order valence-corrected chi connectivity index (χ0v) is 6.92. The number of aldehydes is 1. The van der Waals surface area contributed by atoms with Gasteiger partial charge in [0.15, 0.2) is 0 Å². The molecule has 0 spiro atoms. The van der Waals surface area contributed by atoms with E-state index in [4.69, 9.17) is 0 Å². The van der Waals surface area contributed by atoms with Crippen LogP contribution >= 0.6 is 0 Å². The lowest BCUT2D eigenvalue weighted by atomic mass is 9.93. The molecule has 1 unspecified atom stereocenters. The van der Waals surface area contributed by atoms with Gasteiger partial charge in [0.1, 0.15) is 6.29 Å². The summed E-state index contributed by atoms with van der Waals surface area (Å²) in [5, 5.41) is 0. The molecule has 0 fully saturated rings. The maximum atomic E-state index is 10.3. The number of allylic oxidation sites excluding steroid dienone is 4. The minimum atomic E-state index is 0.602. The van der Waals surface area contributed by atoms with E-state index in [1.54, 1.807) is 0 Å². The first-order valence-corrected chi connectivity index (χ1v) is 4.11. The summed E-state index contributed by atoms with van der Waals surface area (Å²) in [5.74, 6) is 0.602. The third-order valence-corrected chi connectivity index (χ3v) is 1.99. The summed E-state index contributed by atoms with van der Waals surface area (Å²) >= 11 is 0. The van der Waals surface area contributed by atoms with Crippen LogP contribution in [-0.2, 0) is 4.79 Å². The van der Waals surface area contributed by atoms with E-state index in [1.807, 2.05) is 6.92 Å². The molecule has 11 heavy (non-hydrogen) atoms. The molecule has 1 heteroatoms. The van der Waals surface area contributed by atoms with Crippen LogP contribution in [0.25, 0.3) is 0 Å². The molecule has 0 radical (unpaired) electrons. The normalized spacial score (nSPS) is 25.2. The lowest BCUT2D eigenvalue weighted by Gasteiger charge is -2.12. The molecule has 0 amide bonds. The van der Waals surface area contributed by atoms with Crippen LogP contribution in [0.1, 0.15) is 26.2 Å². The first-order valence-electron chi connectivity index (χ1n) is 4.11. The Bertz CT molecular complexity index is 189. The Labute approximate surface area is 67.8 Å². The van der Waals surface area contributed by atoms with E-state index in [-0.39, 0.29) is 0 Å². The number of rotatable bonds is 2. The summed E-state index contributed by atoms with van der Waals surface area (Å²) in [7, 11) is 0. The molecule has 1 atom stereocenters. The standard InChI is InChI=1S/C10H14O/c1-9(8-11)7-10-5-3-2-4-6-10/h2-3,7-8,10H,4-6H2,1H3. The summed E-state index contributed by atoms with van der Waals surface area (Å²) in [6, 6.07) is 0. The van der Waals surface area contributed by atoms with Crippen LogP contribution in [0.3, 0.4) is 0 Å². The third-order valence-electron chi connectivity index (χ3n) is 1.99. The van der Waals surface area contributed by atoms with E-state index < -0.39 is 0 Å². The Morgan fingerprint density at radius 3 is 2.91 bits per heavy atom. The second kappa shape index (κ2) is 4.12. The average molecular weight is 150 g/mol. The van der Waals surface area contributed by atoms with Gasteiger partial charge in [0.2, 0.25) is 0 Å². The van der Waals surface area contributed by atoms with Gasteiger partial charge in [-0.3, -0.25) is 4.79 Å². The maximum Gasteiger partial charge on any atom is 0.145 e. The molecule has 0 heterocycles. The maximum absolute atomic E-state index is 10.3. The lowest BCUT2D eigenvalue weighted by Crippen LogP contribution is -1.99. The Kier molecular flexibility index (Phi) is 3.09. The highest BCUT2D eigenvalue weighted by molar-refractivity contribution is 5.72. The molecule has 0 aromatic rings. The van der Waals surface area contributed by atoms with Gasteiger partial charge < -0.3 is 0 Å². The largest absolute Gasteiger partial charge is 0.298 e. The van der Waals surface area contributed by atoms with Crippen molar-refractivity contribution in [1.29, 1.82) is 0 Å². The number of hydrogen-bond acceptors (Lipinski definition) is 1. The number of hydrogen-bond donors (Lipinski definition) is 0. The summed E-state index contributed by atoms with van der Waals surface area (Å²) < 4.78 is 0. The van der Waals surface area contributed by atoms with Crippen molar-refractivity contribution in [2.24, 2.45) is 5.92 Å². The van der Waals surface area contributed by atoms with Gasteiger partial charge in [-0.05, 0) is 37.7 Å². The first-order chi connectivity index (χ1) is 5.33. The van der Waals surface area contributed by atoms with Crippen molar-refractivity contribution in [3.8, 4) is 0 Å². The van der Waals surface area contributed by atoms with Crippen molar-refractivity contribution in [1.82, 2.24) is 0 Å². The molecule has 0 aromatic carbocycles. The highest BCUT2D eigenvalue weighted by Gasteiger charge is 2.05. The summed E-state index contributed by atoms with van der Waals surface area (Å²) in [6.07, 6.45) is 10.9. The zero-order chi connectivity index (χ0) is 8.10. The topological polar surface area (TPSA) is 17.1 Å². The average Bonchev–Trinajstić information content (AvgIpc) is 2.06. The van der Waals surface area contributed by atoms with Gasteiger partial charge in [0, 0.05) is 0 Å². The first kappa shape index (κ1) is 8.25. The van der Waals surface area contributed by atoms with Crippen molar-refractivity contribution in [3.05, 3.63) is 23.8 Å². The molecule has 1 aliphatic carbocycles. The molecular weight excluding hydrogens is 136 g/mol. The highest BCUT2D eigenvalue weighted by atomic mass is 16.1. The van der Waals surface area contributed by atoms with Crippen LogP contribution in [0.15, 0.2) is 23.8 Å². The van der Waals surface area contributed by atoms with E-state index in [0.717, 1.165) is 24.7 Å². The second-order valence-electron chi connectivity index (χ2n) is 3.07. The van der Waals surface area contributed by atoms with Gasteiger partial charge >= 0.3 is 0 Å². The van der Waals surface area contributed by atoms with Crippen LogP contribution in [0, 0.1) is 5.92 Å². The molecular formula is C10H14O. The highest BCUT2D eigenvalue weighted by Crippen LogP contribution is 2.19. The van der Waals surface area contributed by atoms with Gasteiger partial charge in [0.05, 0.1) is 0 Å². The smallest absolute Gasteiger partial charge is 0.145 e. The van der Waals surface area contributed by atoms with Gasteiger partial charge in [-0.15, -0.1) is 0 Å². The molecule has 0 bridgehead atoms. The van der Waals surface area contributed by atoms with Gasteiger partial charge in [-0.2, -0.15) is 0 Å². The lowest BCUT2D eigenvalue weighted by molar-refractivity contribution is -0.104. The molecule has 1 aliphatic rings. The molecule has 0 N–H and O–H groups in total. The van der Waals surface area contributed by atoms with E-state index >= 15 is 0 Å². The molecule has 60 valence electrons. The molecule has 0 aliphatic heterocycles. The fraction of sp³-hybridized carbons (Fsp3) is 0.500. The number of carbonyl (C=O) groups is 1. The van der Waals surface area contributed by atoms with Gasteiger partial charge in [-0.1, -0.05) is 18.2 Å². The number of carbonyl (C=O) groups excluding carboxylic acids is 1. The Morgan fingerprint density at radius 1 is 1.55 bits per heavy atom. The molecule has 0 aromatic heterocycles. The van der Waals surface area contributed by atoms with E-state index in [9.17, 15) is 4.79 Å². The minimum Gasteiger partial charge on any atom is -0.298 e.